The second-order valence-corrected chi connectivity index (χ2v) is 17.8. The number of urea groups is 1. The topological polar surface area (TPSA) is 110 Å². The van der Waals surface area contributed by atoms with E-state index in [0.717, 1.165) is 56.3 Å². The summed E-state index contributed by atoms with van der Waals surface area (Å²) in [7, 11) is -1.14. The molecule has 2 bridgehead atoms. The molecule has 2 aromatic rings. The number of allylic oxidation sites excluding steroid dienone is 1. The zero-order valence-corrected chi connectivity index (χ0v) is 31.6. The van der Waals surface area contributed by atoms with Gasteiger partial charge in [-0.05, 0) is 92.5 Å². The quantitative estimate of drug-likeness (QED) is 0.352. The lowest BCUT2D eigenvalue weighted by atomic mass is 9.68. The van der Waals surface area contributed by atoms with Crippen molar-refractivity contribution in [2.75, 3.05) is 57.7 Å². The molecule has 2 aromatic carbocycles. The van der Waals surface area contributed by atoms with Gasteiger partial charge < -0.3 is 24.0 Å². The summed E-state index contributed by atoms with van der Waals surface area (Å²) < 4.78 is 79.3. The van der Waals surface area contributed by atoms with Crippen LogP contribution in [0.3, 0.4) is 0 Å². The van der Waals surface area contributed by atoms with Gasteiger partial charge in [-0.15, -0.1) is 4.36 Å². The Hall–Kier alpha value is -3.62. The third-order valence-electron chi connectivity index (χ3n) is 12.0. The smallest absolute Gasteiger partial charge is 0.420 e. The Morgan fingerprint density at radius 3 is 2.60 bits per heavy atom. The van der Waals surface area contributed by atoms with Gasteiger partial charge in [-0.25, -0.2) is 9.00 Å². The van der Waals surface area contributed by atoms with E-state index < -0.39 is 46.7 Å². The summed E-state index contributed by atoms with van der Waals surface area (Å²) in [4.78, 5) is 30.4. The normalized spacial score (nSPS) is 31.8. The molecular formula is C39H49F3N4O6S. The van der Waals surface area contributed by atoms with Gasteiger partial charge in [0.2, 0.25) is 0 Å². The third kappa shape index (κ3) is 7.18. The number of anilines is 1. The van der Waals surface area contributed by atoms with Gasteiger partial charge in [0.05, 0.1) is 37.2 Å². The number of nitrogens with zero attached hydrogens (tertiary/aromatic N) is 3. The van der Waals surface area contributed by atoms with Crippen LogP contribution in [0.2, 0.25) is 0 Å². The van der Waals surface area contributed by atoms with Crippen LogP contribution in [-0.4, -0.2) is 91.7 Å². The first-order chi connectivity index (χ1) is 25.2. The molecular weight excluding hydrogens is 710 g/mol. The summed E-state index contributed by atoms with van der Waals surface area (Å²) in [6.45, 7) is 4.29. The summed E-state index contributed by atoms with van der Waals surface area (Å²) in [5.74, 6) is -0.0336. The SMILES string of the molecule is CO[C@H]1/C=C/C[C@H](C)CS(=O)(NC(=O)N2CC(OC)(C(F)(F)F)C2)=NC(=O)c2ccc3c(c2)N(C[C@@H]2CC[C@H]21)C[C@@]1(CCCc2cc(C)ccc21)CO3. The van der Waals surface area contributed by atoms with Gasteiger partial charge in [0.25, 0.3) is 5.91 Å². The number of halogens is 3. The minimum absolute atomic E-state index is 0.133. The molecule has 14 heteroatoms. The van der Waals surface area contributed by atoms with Gasteiger partial charge in [-0.1, -0.05) is 42.8 Å². The maximum atomic E-state index is 14.5. The first-order valence-electron chi connectivity index (χ1n) is 18.5. The molecule has 288 valence electrons. The Kier molecular flexibility index (Phi) is 10.1. The minimum Gasteiger partial charge on any atom is -0.490 e. The van der Waals surface area contributed by atoms with Crippen LogP contribution in [0.5, 0.6) is 5.75 Å². The number of carbonyl (C=O) groups is 2. The van der Waals surface area contributed by atoms with Crippen LogP contribution in [0, 0.1) is 24.7 Å². The van der Waals surface area contributed by atoms with E-state index in [9.17, 15) is 27.0 Å². The maximum Gasteiger partial charge on any atom is 0.420 e. The number of amides is 3. The molecule has 10 nitrogen and oxygen atoms in total. The van der Waals surface area contributed by atoms with E-state index in [1.165, 1.54) is 16.7 Å². The number of ether oxygens (including phenoxy) is 3. The molecule has 1 N–H and O–H groups in total. The minimum atomic E-state index is -4.70. The molecule has 7 rings (SSSR count). The molecule has 6 atom stereocenters. The zero-order valence-electron chi connectivity index (χ0n) is 30.7. The molecule has 1 unspecified atom stereocenters. The zero-order chi connectivity index (χ0) is 37.8. The van der Waals surface area contributed by atoms with Gasteiger partial charge in [0.1, 0.15) is 15.7 Å². The molecule has 3 heterocycles. The van der Waals surface area contributed by atoms with E-state index in [4.69, 9.17) is 14.2 Å². The number of nitrogens with one attached hydrogen (secondary N) is 1. The number of fused-ring (bicyclic) bond motifs is 4. The molecule has 1 saturated carbocycles. The molecule has 1 spiro atoms. The van der Waals surface area contributed by atoms with Gasteiger partial charge in [-0.3, -0.25) is 9.52 Å². The number of methoxy groups -OCH3 is 2. The second-order valence-electron chi connectivity index (χ2n) is 15.8. The van der Waals surface area contributed by atoms with E-state index in [1.807, 2.05) is 19.1 Å². The standard InChI is InChI=1S/C39H49F3N4O6S/c1-25-10-14-31-27(17-25)8-6-16-37(31)21-45-19-29-11-13-30(29)33(50-3)9-5-7-26(2)20-53(49,43-35(47)28-12-15-34(52-24-37)32(45)18-28)44-36(48)46-22-38(23-46,51-4)39(40,41)42/h5,9-10,12,14-15,17-18,26,29-30,33H,6-8,11,13,16,19-24H2,1-4H3,(H,43,44,47,48,49)/b9-5+/t26-,29-,30+,33-,37-,53?/m0/s1. The summed E-state index contributed by atoms with van der Waals surface area (Å²) in [6.07, 6.45) is 4.71. The van der Waals surface area contributed by atoms with Gasteiger partial charge in [-0.2, -0.15) is 13.2 Å². The maximum absolute atomic E-state index is 14.5. The van der Waals surface area contributed by atoms with Crippen molar-refractivity contribution >= 4 is 27.5 Å². The average molecular weight is 759 g/mol. The first kappa shape index (κ1) is 37.7. The molecule has 2 aliphatic carbocycles. The number of likely N-dealkylation sites (tertiary alicyclic amines) is 1. The van der Waals surface area contributed by atoms with Crippen molar-refractivity contribution in [1.82, 2.24) is 9.62 Å². The lowest BCUT2D eigenvalue weighted by Gasteiger charge is -2.49. The summed E-state index contributed by atoms with van der Waals surface area (Å²) in [6, 6.07) is 10.8. The average Bonchev–Trinajstić information content (AvgIpc) is 3.21. The number of rotatable bonds is 3. The number of hydrogen-bond donors (Lipinski definition) is 1. The molecule has 3 amide bonds. The Labute approximate surface area is 309 Å². The Morgan fingerprint density at radius 1 is 1.11 bits per heavy atom. The fourth-order valence-electron chi connectivity index (χ4n) is 8.87. The summed E-state index contributed by atoms with van der Waals surface area (Å²) in [5.41, 5.74) is 2.01. The van der Waals surface area contributed by atoms with Crippen LogP contribution in [0.15, 0.2) is 52.9 Å². The van der Waals surface area contributed by atoms with Gasteiger partial charge in [0.15, 0.2) is 5.60 Å². The van der Waals surface area contributed by atoms with Crippen LogP contribution in [-0.2, 0) is 31.2 Å². The monoisotopic (exact) mass is 758 g/mol. The van der Waals surface area contributed by atoms with Gasteiger partial charge >= 0.3 is 12.2 Å². The molecule has 0 aromatic heterocycles. The predicted octanol–water partition coefficient (Wildman–Crippen LogP) is 6.60. The number of carbonyl (C=O) groups excluding carboxylic acids is 2. The molecule has 53 heavy (non-hydrogen) atoms. The molecule has 2 fully saturated rings. The van der Waals surface area contributed by atoms with Crippen LogP contribution in [0.1, 0.15) is 66.1 Å². The van der Waals surface area contributed by atoms with E-state index in [1.54, 1.807) is 25.3 Å². The number of aryl methyl sites for hydroxylation is 2. The molecule has 0 radical (unpaired) electrons. The number of benzene rings is 2. The van der Waals surface area contributed by atoms with Crippen LogP contribution in [0.25, 0.3) is 0 Å². The number of alkyl halides is 3. The fraction of sp³-hybridized carbons (Fsp3) is 0.590. The van der Waals surface area contributed by atoms with Crippen LogP contribution < -0.4 is 14.4 Å². The van der Waals surface area contributed by atoms with Crippen molar-refractivity contribution in [2.45, 2.75) is 75.7 Å². The largest absolute Gasteiger partial charge is 0.490 e. The first-order valence-corrected chi connectivity index (χ1v) is 20.1. The van der Waals surface area contributed by atoms with E-state index in [2.05, 4.69) is 39.1 Å². The van der Waals surface area contributed by atoms with Crippen LogP contribution in [0.4, 0.5) is 23.7 Å². The molecule has 5 aliphatic rings. The van der Waals surface area contributed by atoms with Crippen LogP contribution >= 0.6 is 0 Å². The van der Waals surface area contributed by atoms with E-state index in [0.29, 0.717) is 31.2 Å². The van der Waals surface area contributed by atoms with Crippen molar-refractivity contribution in [3.05, 3.63) is 70.8 Å². The molecule has 1 saturated heterocycles. The lowest BCUT2D eigenvalue weighted by Crippen LogP contribution is -2.72. The summed E-state index contributed by atoms with van der Waals surface area (Å²) >= 11 is 0. The third-order valence-corrected chi connectivity index (χ3v) is 14.0. The second kappa shape index (κ2) is 14.2. The highest BCUT2D eigenvalue weighted by molar-refractivity contribution is 7.92. The van der Waals surface area contributed by atoms with Crippen molar-refractivity contribution in [3.63, 3.8) is 0 Å². The highest BCUT2D eigenvalue weighted by Crippen LogP contribution is 2.47. The highest BCUT2D eigenvalue weighted by Gasteiger charge is 2.64. The van der Waals surface area contributed by atoms with Crippen molar-refractivity contribution in [2.24, 2.45) is 22.1 Å². The summed E-state index contributed by atoms with van der Waals surface area (Å²) in [5, 5.41) is 0. The predicted molar refractivity (Wildman–Crippen MR) is 196 cm³/mol. The lowest BCUT2D eigenvalue weighted by molar-refractivity contribution is -0.303. The number of hydrogen-bond acceptors (Lipinski definition) is 7. The van der Waals surface area contributed by atoms with Gasteiger partial charge in [0, 0.05) is 38.3 Å². The van der Waals surface area contributed by atoms with Crippen molar-refractivity contribution in [1.29, 1.82) is 0 Å². The fourth-order valence-corrected chi connectivity index (χ4v) is 10.8. The van der Waals surface area contributed by atoms with Crippen molar-refractivity contribution < 1.29 is 41.2 Å². The Morgan fingerprint density at radius 2 is 1.91 bits per heavy atom. The highest BCUT2D eigenvalue weighted by atomic mass is 32.2. The Balaban J connectivity index is 1.26. The van der Waals surface area contributed by atoms with Crippen molar-refractivity contribution in [3.8, 4) is 5.75 Å². The Bertz CT molecular complexity index is 1910. The van der Waals surface area contributed by atoms with E-state index >= 15 is 0 Å². The van der Waals surface area contributed by atoms with E-state index in [-0.39, 0.29) is 34.7 Å². The molecule has 3 aliphatic heterocycles.